The van der Waals surface area contributed by atoms with Gasteiger partial charge in [-0.05, 0) is 70.1 Å². The van der Waals surface area contributed by atoms with Crippen LogP contribution in [0.25, 0.3) is 21.5 Å². The molecule has 0 heterocycles. The Kier molecular flexibility index (Phi) is 5.66. The zero-order valence-corrected chi connectivity index (χ0v) is 18.9. The van der Waals surface area contributed by atoms with E-state index in [1.54, 1.807) is 0 Å². The Morgan fingerprint density at radius 1 is 0.375 bits per heavy atom. The second kappa shape index (κ2) is 8.89. The van der Waals surface area contributed by atoms with Crippen molar-refractivity contribution >= 4 is 46.8 Å². The van der Waals surface area contributed by atoms with Crippen molar-refractivity contribution < 1.29 is 0 Å². The van der Waals surface area contributed by atoms with E-state index in [0.29, 0.717) is 0 Å². The van der Waals surface area contributed by atoms with Gasteiger partial charge in [-0.1, -0.05) is 72.2 Å². The first-order valence-electron chi connectivity index (χ1n) is 10.2. The van der Waals surface area contributed by atoms with Crippen LogP contribution in [0.3, 0.4) is 0 Å². The third-order valence-electron chi connectivity index (χ3n) is 5.33. The van der Waals surface area contributed by atoms with Crippen molar-refractivity contribution in [3.8, 4) is 23.7 Å². The van der Waals surface area contributed by atoms with E-state index in [4.69, 9.17) is 0 Å². The average Bonchev–Trinajstić information content (AvgIpc) is 2.83. The van der Waals surface area contributed by atoms with Crippen LogP contribution in [0.1, 0.15) is 22.3 Å². The molecule has 0 aliphatic rings. The molecule has 32 heavy (non-hydrogen) atoms. The number of thiol groups is 2. The Balaban J connectivity index is 1.75. The summed E-state index contributed by atoms with van der Waals surface area (Å²) in [5, 5.41) is 4.44. The minimum absolute atomic E-state index is 0.929. The molecule has 0 fully saturated rings. The highest BCUT2D eigenvalue weighted by molar-refractivity contribution is 7.80. The van der Waals surface area contributed by atoms with Gasteiger partial charge >= 0.3 is 0 Å². The lowest BCUT2D eigenvalue weighted by atomic mass is 9.92. The summed E-state index contributed by atoms with van der Waals surface area (Å²) in [6.07, 6.45) is 0. The van der Waals surface area contributed by atoms with Gasteiger partial charge in [-0.2, -0.15) is 0 Å². The quantitative estimate of drug-likeness (QED) is 0.140. The zero-order chi connectivity index (χ0) is 21.9. The molecule has 5 aromatic rings. The van der Waals surface area contributed by atoms with Gasteiger partial charge in [0.2, 0.25) is 0 Å². The molecule has 0 aromatic heterocycles. The van der Waals surface area contributed by atoms with Crippen LogP contribution in [-0.4, -0.2) is 0 Å². The maximum Gasteiger partial charge on any atom is 0.0406 e. The molecule has 0 aliphatic carbocycles. The Bertz CT molecular complexity index is 1390. The predicted octanol–water partition coefficient (Wildman–Crippen LogP) is 7.37. The minimum atomic E-state index is 0.929. The molecular formula is C30H18S2. The fraction of sp³-hybridized carbons (Fsp3) is 0. The standard InChI is InChI=1S/C30H18S2/c31-23-15-9-21(10-16-23)13-19-29-25-5-1-2-6-26(25)30(28-8-4-3-7-27(28)29)20-14-22-11-17-24(32)18-12-22/h1-12,15-18,31-32H. The van der Waals surface area contributed by atoms with Crippen molar-refractivity contribution in [1.29, 1.82) is 0 Å². The summed E-state index contributed by atoms with van der Waals surface area (Å²) >= 11 is 8.73. The van der Waals surface area contributed by atoms with Gasteiger partial charge in [0, 0.05) is 32.0 Å². The third kappa shape index (κ3) is 4.12. The zero-order valence-electron chi connectivity index (χ0n) is 17.1. The van der Waals surface area contributed by atoms with Crippen LogP contribution >= 0.6 is 25.3 Å². The fourth-order valence-corrected chi connectivity index (χ4v) is 4.05. The first kappa shape index (κ1) is 20.3. The average molecular weight is 443 g/mol. The molecule has 0 radical (unpaired) electrons. The molecule has 150 valence electrons. The van der Waals surface area contributed by atoms with Gasteiger partial charge < -0.3 is 0 Å². The summed E-state index contributed by atoms with van der Waals surface area (Å²) in [6, 6.07) is 32.6. The van der Waals surface area contributed by atoms with Gasteiger partial charge in [0.25, 0.3) is 0 Å². The van der Waals surface area contributed by atoms with Gasteiger partial charge in [-0.25, -0.2) is 0 Å². The molecule has 0 N–H and O–H groups in total. The van der Waals surface area contributed by atoms with Crippen molar-refractivity contribution in [3.63, 3.8) is 0 Å². The molecule has 5 rings (SSSR count). The lowest BCUT2D eigenvalue weighted by Crippen LogP contribution is -1.90. The summed E-state index contributed by atoms with van der Waals surface area (Å²) in [6.45, 7) is 0. The first-order valence-corrected chi connectivity index (χ1v) is 11.1. The van der Waals surface area contributed by atoms with Gasteiger partial charge in [0.15, 0.2) is 0 Å². The molecular weight excluding hydrogens is 424 g/mol. The van der Waals surface area contributed by atoms with Gasteiger partial charge in [0.05, 0.1) is 0 Å². The molecule has 0 amide bonds. The van der Waals surface area contributed by atoms with Gasteiger partial charge in [-0.15, -0.1) is 25.3 Å². The van der Waals surface area contributed by atoms with Crippen LogP contribution < -0.4 is 0 Å². The number of hydrogen-bond donors (Lipinski definition) is 2. The van der Waals surface area contributed by atoms with Crippen LogP contribution in [0.5, 0.6) is 0 Å². The number of benzene rings is 5. The van der Waals surface area contributed by atoms with Crippen LogP contribution in [0, 0.1) is 23.7 Å². The monoisotopic (exact) mass is 442 g/mol. The first-order chi connectivity index (χ1) is 15.7. The lowest BCUT2D eigenvalue weighted by Gasteiger charge is -2.10. The molecule has 0 unspecified atom stereocenters. The van der Waals surface area contributed by atoms with E-state index < -0.39 is 0 Å². The summed E-state index contributed by atoms with van der Waals surface area (Å²) in [4.78, 5) is 1.86. The maximum atomic E-state index is 4.36. The second-order valence-electron chi connectivity index (χ2n) is 7.43. The SMILES string of the molecule is Sc1ccc(C#Cc2c3ccccc3c(C#Cc3ccc(S)cc3)c3ccccc23)cc1. The van der Waals surface area contributed by atoms with Crippen molar-refractivity contribution in [3.05, 3.63) is 119 Å². The Labute approximate surface area is 199 Å². The summed E-state index contributed by atoms with van der Waals surface area (Å²) in [5.74, 6) is 13.5. The second-order valence-corrected chi connectivity index (χ2v) is 8.47. The largest absolute Gasteiger partial charge is 0.143 e. The highest BCUT2D eigenvalue weighted by Gasteiger charge is 2.11. The number of fused-ring (bicyclic) bond motifs is 2. The highest BCUT2D eigenvalue weighted by Crippen LogP contribution is 2.32. The molecule has 0 aliphatic heterocycles. The topological polar surface area (TPSA) is 0 Å². The molecule has 0 bridgehead atoms. The minimum Gasteiger partial charge on any atom is -0.143 e. The number of hydrogen-bond acceptors (Lipinski definition) is 2. The van der Waals surface area contributed by atoms with E-state index >= 15 is 0 Å². The summed E-state index contributed by atoms with van der Waals surface area (Å²) in [5.41, 5.74) is 3.98. The van der Waals surface area contributed by atoms with E-state index in [-0.39, 0.29) is 0 Å². The van der Waals surface area contributed by atoms with Crippen LogP contribution in [-0.2, 0) is 0 Å². The van der Waals surface area contributed by atoms with Crippen LogP contribution in [0.4, 0.5) is 0 Å². The molecule has 2 heteroatoms. The lowest BCUT2D eigenvalue weighted by molar-refractivity contribution is 1.46. The van der Waals surface area contributed by atoms with Gasteiger partial charge in [0.1, 0.15) is 0 Å². The van der Waals surface area contributed by atoms with Crippen molar-refractivity contribution in [2.45, 2.75) is 9.79 Å². The smallest absolute Gasteiger partial charge is 0.0406 e. The Morgan fingerprint density at radius 3 is 1.00 bits per heavy atom. The van der Waals surface area contributed by atoms with E-state index in [2.05, 4.69) is 97.5 Å². The Hall–Kier alpha value is -3.56. The molecule has 0 saturated carbocycles. The van der Waals surface area contributed by atoms with Gasteiger partial charge in [-0.3, -0.25) is 0 Å². The molecule has 5 aromatic carbocycles. The van der Waals surface area contributed by atoms with Crippen molar-refractivity contribution in [2.24, 2.45) is 0 Å². The normalized spacial score (nSPS) is 10.3. The molecule has 0 atom stereocenters. The summed E-state index contributed by atoms with van der Waals surface area (Å²) in [7, 11) is 0. The molecule has 0 saturated heterocycles. The van der Waals surface area contributed by atoms with E-state index in [0.717, 1.165) is 53.6 Å². The highest BCUT2D eigenvalue weighted by atomic mass is 32.1. The molecule has 0 spiro atoms. The Morgan fingerprint density at radius 2 is 0.688 bits per heavy atom. The van der Waals surface area contributed by atoms with Crippen molar-refractivity contribution in [2.75, 3.05) is 0 Å². The fourth-order valence-electron chi connectivity index (χ4n) is 3.76. The number of rotatable bonds is 0. The van der Waals surface area contributed by atoms with E-state index in [9.17, 15) is 0 Å². The predicted molar refractivity (Wildman–Crippen MR) is 141 cm³/mol. The van der Waals surface area contributed by atoms with Crippen LogP contribution in [0.2, 0.25) is 0 Å². The van der Waals surface area contributed by atoms with Crippen LogP contribution in [0.15, 0.2) is 107 Å². The van der Waals surface area contributed by atoms with E-state index in [1.165, 1.54) is 0 Å². The summed E-state index contributed by atoms with van der Waals surface area (Å²) < 4.78 is 0. The molecule has 0 nitrogen and oxygen atoms in total. The third-order valence-corrected chi connectivity index (χ3v) is 5.93. The van der Waals surface area contributed by atoms with Crippen molar-refractivity contribution in [1.82, 2.24) is 0 Å². The van der Waals surface area contributed by atoms with E-state index in [1.807, 2.05) is 48.5 Å². The maximum absolute atomic E-state index is 4.36.